The molecule has 2 aliphatic rings. The van der Waals surface area contributed by atoms with E-state index in [-0.39, 0.29) is 6.61 Å². The Hall–Kier alpha value is -0.970. The van der Waals surface area contributed by atoms with Gasteiger partial charge in [-0.05, 0) is 31.1 Å². The third-order valence-corrected chi connectivity index (χ3v) is 3.27. The van der Waals surface area contributed by atoms with E-state index in [4.69, 9.17) is 11.3 Å². The topological polar surface area (TPSA) is 21.6 Å². The molecule has 0 saturated heterocycles. The van der Waals surface area contributed by atoms with Gasteiger partial charge in [-0.1, -0.05) is 17.5 Å². The fraction of sp³-hybridized carbons (Fsp3) is 0.727. The Morgan fingerprint density at radius 2 is 2.38 bits per heavy atom. The second kappa shape index (κ2) is 3.83. The Labute approximate surface area is 79.3 Å². The predicted molar refractivity (Wildman–Crippen MR) is 52.2 cm³/mol. The highest BCUT2D eigenvalue weighted by molar-refractivity contribution is 5.61. The van der Waals surface area contributed by atoms with Crippen LogP contribution < -0.4 is 0 Å². The predicted octanol–water partition coefficient (Wildman–Crippen LogP) is 2.06. The monoisotopic (exact) mass is 177 g/mol. The quantitative estimate of drug-likeness (QED) is 0.280. The molecule has 0 aromatic heterocycles. The van der Waals surface area contributed by atoms with Crippen molar-refractivity contribution in [3.8, 4) is 12.3 Å². The van der Waals surface area contributed by atoms with Gasteiger partial charge < -0.3 is 4.84 Å². The maximum Gasteiger partial charge on any atom is 0.177 e. The lowest BCUT2D eigenvalue weighted by Crippen LogP contribution is -2.11. The molecule has 3 unspecified atom stereocenters. The first-order chi connectivity index (χ1) is 6.40. The lowest BCUT2D eigenvalue weighted by atomic mass is 9.90. The Kier molecular flexibility index (Phi) is 2.54. The van der Waals surface area contributed by atoms with Gasteiger partial charge in [0.25, 0.3) is 0 Å². The molecule has 2 saturated carbocycles. The standard InChI is InChI=1S/C11H15NO/c1-2-5-13-12-8-11-7-9-3-4-10(11)6-9/h1,8-11H,3-7H2/b12-8+. The SMILES string of the molecule is C#CCO/N=C/C1CC2CCC1C2. The summed E-state index contributed by atoms with van der Waals surface area (Å²) in [5, 5.41) is 3.89. The van der Waals surface area contributed by atoms with Crippen LogP contribution in [0.5, 0.6) is 0 Å². The Bertz CT molecular complexity index is 241. The molecular weight excluding hydrogens is 162 g/mol. The molecule has 13 heavy (non-hydrogen) atoms. The molecule has 0 heterocycles. The first-order valence-electron chi connectivity index (χ1n) is 4.99. The summed E-state index contributed by atoms with van der Waals surface area (Å²) in [7, 11) is 0. The second-order valence-electron chi connectivity index (χ2n) is 4.07. The molecule has 0 radical (unpaired) electrons. The first kappa shape index (κ1) is 8.62. The molecule has 0 aromatic carbocycles. The summed E-state index contributed by atoms with van der Waals surface area (Å²) in [6.07, 6.45) is 12.5. The van der Waals surface area contributed by atoms with Crippen LogP contribution in [0, 0.1) is 30.1 Å². The van der Waals surface area contributed by atoms with Crippen LogP contribution in [-0.2, 0) is 4.84 Å². The number of oxime groups is 1. The van der Waals surface area contributed by atoms with Gasteiger partial charge in [0.1, 0.15) is 0 Å². The average Bonchev–Trinajstić information content (AvgIpc) is 2.73. The maximum atomic E-state index is 5.03. The lowest BCUT2D eigenvalue weighted by Gasteiger charge is -2.16. The third kappa shape index (κ3) is 1.85. The van der Waals surface area contributed by atoms with Crippen molar-refractivity contribution in [1.82, 2.24) is 0 Å². The van der Waals surface area contributed by atoms with Crippen molar-refractivity contribution in [2.75, 3.05) is 6.61 Å². The van der Waals surface area contributed by atoms with Gasteiger partial charge in [0.05, 0.1) is 0 Å². The minimum absolute atomic E-state index is 0.289. The number of terminal acetylenes is 1. The molecule has 0 aromatic rings. The zero-order chi connectivity index (χ0) is 9.10. The van der Waals surface area contributed by atoms with Gasteiger partial charge in [0.15, 0.2) is 6.61 Å². The Morgan fingerprint density at radius 1 is 1.46 bits per heavy atom. The van der Waals surface area contributed by atoms with Crippen LogP contribution in [0.2, 0.25) is 0 Å². The highest BCUT2D eigenvalue weighted by atomic mass is 16.6. The van der Waals surface area contributed by atoms with Crippen molar-refractivity contribution in [2.24, 2.45) is 22.9 Å². The van der Waals surface area contributed by atoms with Crippen LogP contribution in [0.4, 0.5) is 0 Å². The Morgan fingerprint density at radius 3 is 3.00 bits per heavy atom. The molecule has 2 nitrogen and oxygen atoms in total. The van der Waals surface area contributed by atoms with Crippen LogP contribution >= 0.6 is 0 Å². The van der Waals surface area contributed by atoms with Gasteiger partial charge in [-0.15, -0.1) is 6.42 Å². The summed E-state index contributed by atoms with van der Waals surface area (Å²) in [6.45, 7) is 0.289. The molecule has 70 valence electrons. The van der Waals surface area contributed by atoms with Crippen molar-refractivity contribution in [3.05, 3.63) is 0 Å². The Balaban J connectivity index is 1.77. The third-order valence-electron chi connectivity index (χ3n) is 3.27. The number of fused-ring (bicyclic) bond motifs is 2. The summed E-state index contributed by atoms with van der Waals surface area (Å²) in [6, 6.07) is 0. The highest BCUT2D eigenvalue weighted by Gasteiger charge is 2.38. The molecule has 2 heteroatoms. The van der Waals surface area contributed by atoms with E-state index in [1.54, 1.807) is 0 Å². The van der Waals surface area contributed by atoms with E-state index in [0.717, 1.165) is 11.8 Å². The smallest absolute Gasteiger partial charge is 0.177 e. The van der Waals surface area contributed by atoms with Crippen molar-refractivity contribution in [1.29, 1.82) is 0 Å². The number of hydrogen-bond acceptors (Lipinski definition) is 2. The number of hydrogen-bond donors (Lipinski definition) is 0. The van der Waals surface area contributed by atoms with Gasteiger partial charge in [0.2, 0.25) is 0 Å². The molecular formula is C11H15NO. The largest absolute Gasteiger partial charge is 0.383 e. The van der Waals surface area contributed by atoms with Gasteiger partial charge >= 0.3 is 0 Å². The van der Waals surface area contributed by atoms with Crippen LogP contribution in [0.1, 0.15) is 25.7 Å². The minimum Gasteiger partial charge on any atom is -0.383 e. The zero-order valence-electron chi connectivity index (χ0n) is 7.78. The van der Waals surface area contributed by atoms with E-state index in [9.17, 15) is 0 Å². The normalized spacial score (nSPS) is 36.7. The number of rotatable bonds is 3. The zero-order valence-corrected chi connectivity index (χ0v) is 7.78. The van der Waals surface area contributed by atoms with Gasteiger partial charge in [0, 0.05) is 12.1 Å². The number of nitrogens with zero attached hydrogens (tertiary/aromatic N) is 1. The van der Waals surface area contributed by atoms with Crippen molar-refractivity contribution in [2.45, 2.75) is 25.7 Å². The van der Waals surface area contributed by atoms with Crippen molar-refractivity contribution in [3.63, 3.8) is 0 Å². The molecule has 0 amide bonds. The fourth-order valence-electron chi connectivity index (χ4n) is 2.67. The van der Waals surface area contributed by atoms with Crippen molar-refractivity contribution >= 4 is 6.21 Å². The van der Waals surface area contributed by atoms with Crippen LogP contribution in [0.15, 0.2) is 5.16 Å². The van der Waals surface area contributed by atoms with E-state index < -0.39 is 0 Å². The minimum atomic E-state index is 0.289. The highest BCUT2D eigenvalue weighted by Crippen LogP contribution is 2.47. The summed E-state index contributed by atoms with van der Waals surface area (Å²) in [5.41, 5.74) is 0. The average molecular weight is 177 g/mol. The molecule has 2 rings (SSSR count). The summed E-state index contributed by atoms with van der Waals surface area (Å²) < 4.78 is 0. The first-order valence-corrected chi connectivity index (χ1v) is 4.99. The van der Waals surface area contributed by atoms with E-state index in [1.807, 2.05) is 6.21 Å². The van der Waals surface area contributed by atoms with Gasteiger partial charge in [-0.2, -0.15) is 0 Å². The van der Waals surface area contributed by atoms with E-state index in [2.05, 4.69) is 11.1 Å². The summed E-state index contributed by atoms with van der Waals surface area (Å²) in [5.74, 6) is 4.90. The molecule has 2 bridgehead atoms. The summed E-state index contributed by atoms with van der Waals surface area (Å²) >= 11 is 0. The maximum absolute atomic E-state index is 5.03. The second-order valence-corrected chi connectivity index (χ2v) is 4.07. The van der Waals surface area contributed by atoms with E-state index >= 15 is 0 Å². The van der Waals surface area contributed by atoms with Crippen LogP contribution in [-0.4, -0.2) is 12.8 Å². The molecule has 2 fully saturated rings. The van der Waals surface area contributed by atoms with Crippen LogP contribution in [0.3, 0.4) is 0 Å². The van der Waals surface area contributed by atoms with E-state index in [1.165, 1.54) is 25.7 Å². The van der Waals surface area contributed by atoms with Gasteiger partial charge in [-0.3, -0.25) is 0 Å². The molecule has 0 aliphatic heterocycles. The lowest BCUT2D eigenvalue weighted by molar-refractivity contribution is 0.178. The molecule has 2 aliphatic carbocycles. The van der Waals surface area contributed by atoms with Crippen molar-refractivity contribution < 1.29 is 4.84 Å². The summed E-state index contributed by atoms with van der Waals surface area (Å²) in [4.78, 5) is 4.89. The molecule has 3 atom stereocenters. The fourth-order valence-corrected chi connectivity index (χ4v) is 2.67. The molecule has 0 N–H and O–H groups in total. The van der Waals surface area contributed by atoms with Gasteiger partial charge in [-0.25, -0.2) is 0 Å². The molecule has 0 spiro atoms. The van der Waals surface area contributed by atoms with Crippen LogP contribution in [0.25, 0.3) is 0 Å². The van der Waals surface area contributed by atoms with E-state index in [0.29, 0.717) is 5.92 Å².